The van der Waals surface area contributed by atoms with Gasteiger partial charge in [-0.05, 0) is 44.2 Å². The maximum Gasteiger partial charge on any atom is 0.0599 e. The molecule has 2 aliphatic rings. The van der Waals surface area contributed by atoms with Gasteiger partial charge in [-0.25, -0.2) is 0 Å². The third-order valence-corrected chi connectivity index (χ3v) is 3.51. The van der Waals surface area contributed by atoms with Crippen molar-refractivity contribution in [3.63, 3.8) is 0 Å². The summed E-state index contributed by atoms with van der Waals surface area (Å²) < 4.78 is 5.95. The summed E-state index contributed by atoms with van der Waals surface area (Å²) in [4.78, 5) is 0. The second-order valence-corrected chi connectivity index (χ2v) is 4.92. The first-order valence-corrected chi connectivity index (χ1v) is 5.61. The second-order valence-electron chi connectivity index (χ2n) is 4.92. The number of nitrogens with one attached hydrogen (secondary N) is 1. The van der Waals surface area contributed by atoms with Crippen LogP contribution in [0.1, 0.15) is 39.0 Å². The Labute approximate surface area is 81.0 Å². The summed E-state index contributed by atoms with van der Waals surface area (Å²) in [6, 6.07) is 0. The van der Waals surface area contributed by atoms with Crippen molar-refractivity contribution in [3.8, 4) is 0 Å². The first-order valence-electron chi connectivity index (χ1n) is 5.61. The molecule has 0 aromatic carbocycles. The quantitative estimate of drug-likeness (QED) is 0.722. The fourth-order valence-electron chi connectivity index (χ4n) is 2.21. The zero-order valence-corrected chi connectivity index (χ0v) is 8.64. The summed E-state index contributed by atoms with van der Waals surface area (Å²) in [7, 11) is 0. The molecule has 0 aromatic rings. The van der Waals surface area contributed by atoms with E-state index in [0.29, 0.717) is 11.5 Å². The summed E-state index contributed by atoms with van der Waals surface area (Å²) >= 11 is 0. The highest BCUT2D eigenvalue weighted by Crippen LogP contribution is 2.40. The molecule has 2 fully saturated rings. The lowest BCUT2D eigenvalue weighted by molar-refractivity contribution is -0.0449. The van der Waals surface area contributed by atoms with Gasteiger partial charge in [0.1, 0.15) is 0 Å². The Kier molecular flexibility index (Phi) is 2.89. The topological polar surface area (TPSA) is 21.3 Å². The summed E-state index contributed by atoms with van der Waals surface area (Å²) in [6.07, 6.45) is 7.10. The molecule has 13 heavy (non-hydrogen) atoms. The highest BCUT2D eigenvalue weighted by Gasteiger charge is 2.32. The predicted octanol–water partition coefficient (Wildman–Crippen LogP) is 1.95. The van der Waals surface area contributed by atoms with Gasteiger partial charge in [0.2, 0.25) is 0 Å². The van der Waals surface area contributed by atoms with Crippen LogP contribution in [-0.2, 0) is 4.74 Å². The lowest BCUT2D eigenvalue weighted by Gasteiger charge is -2.39. The Hall–Kier alpha value is -0.0800. The minimum Gasteiger partial charge on any atom is -0.378 e. The van der Waals surface area contributed by atoms with Crippen LogP contribution in [-0.4, -0.2) is 25.8 Å². The SMILES string of the molecule is CC1(COC2CCNCC2)CCC1. The van der Waals surface area contributed by atoms with Gasteiger partial charge >= 0.3 is 0 Å². The number of hydrogen-bond donors (Lipinski definition) is 1. The van der Waals surface area contributed by atoms with Crippen molar-refractivity contribution in [2.24, 2.45) is 5.41 Å². The molecule has 0 spiro atoms. The van der Waals surface area contributed by atoms with Gasteiger partial charge in [-0.15, -0.1) is 0 Å². The van der Waals surface area contributed by atoms with Gasteiger partial charge in [-0.3, -0.25) is 0 Å². The van der Waals surface area contributed by atoms with Crippen molar-refractivity contribution in [3.05, 3.63) is 0 Å². The molecule has 1 heterocycles. The van der Waals surface area contributed by atoms with Crippen LogP contribution < -0.4 is 5.32 Å². The zero-order valence-electron chi connectivity index (χ0n) is 8.64. The fraction of sp³-hybridized carbons (Fsp3) is 1.00. The molecule has 0 bridgehead atoms. The minimum absolute atomic E-state index is 0.533. The Morgan fingerprint density at radius 1 is 1.31 bits per heavy atom. The highest BCUT2D eigenvalue weighted by atomic mass is 16.5. The third-order valence-electron chi connectivity index (χ3n) is 3.51. The molecule has 1 aliphatic carbocycles. The third kappa shape index (κ3) is 2.44. The first kappa shape index (κ1) is 9.47. The molecular formula is C11H21NO. The number of piperidine rings is 1. The van der Waals surface area contributed by atoms with E-state index in [2.05, 4.69) is 12.2 Å². The van der Waals surface area contributed by atoms with E-state index in [1.54, 1.807) is 0 Å². The smallest absolute Gasteiger partial charge is 0.0599 e. The van der Waals surface area contributed by atoms with Crippen LogP contribution in [0.2, 0.25) is 0 Å². The van der Waals surface area contributed by atoms with Crippen molar-refractivity contribution < 1.29 is 4.74 Å². The molecular weight excluding hydrogens is 162 g/mol. The largest absolute Gasteiger partial charge is 0.378 e. The van der Waals surface area contributed by atoms with Crippen LogP contribution in [0.5, 0.6) is 0 Å². The lowest BCUT2D eigenvalue weighted by atomic mass is 9.71. The van der Waals surface area contributed by atoms with Crippen molar-refractivity contribution >= 4 is 0 Å². The van der Waals surface area contributed by atoms with E-state index in [-0.39, 0.29) is 0 Å². The number of hydrogen-bond acceptors (Lipinski definition) is 2. The molecule has 2 heteroatoms. The highest BCUT2D eigenvalue weighted by molar-refractivity contribution is 4.83. The van der Waals surface area contributed by atoms with Crippen LogP contribution >= 0.6 is 0 Å². The van der Waals surface area contributed by atoms with Crippen molar-refractivity contribution in [2.75, 3.05) is 19.7 Å². The van der Waals surface area contributed by atoms with E-state index >= 15 is 0 Å². The van der Waals surface area contributed by atoms with Crippen LogP contribution in [0.25, 0.3) is 0 Å². The van der Waals surface area contributed by atoms with Gasteiger partial charge in [-0.1, -0.05) is 13.3 Å². The summed E-state index contributed by atoms with van der Waals surface area (Å²) in [5.41, 5.74) is 0.533. The predicted molar refractivity (Wildman–Crippen MR) is 53.8 cm³/mol. The first-order chi connectivity index (χ1) is 6.29. The molecule has 1 N–H and O–H groups in total. The van der Waals surface area contributed by atoms with E-state index in [0.717, 1.165) is 19.7 Å². The zero-order chi connectivity index (χ0) is 9.15. The van der Waals surface area contributed by atoms with Gasteiger partial charge in [0.25, 0.3) is 0 Å². The average molecular weight is 183 g/mol. The molecule has 1 saturated carbocycles. The standard InChI is InChI=1S/C11H21NO/c1-11(5-2-6-11)9-13-10-3-7-12-8-4-10/h10,12H,2-9H2,1H3. The Morgan fingerprint density at radius 3 is 2.54 bits per heavy atom. The normalized spacial score (nSPS) is 28.4. The minimum atomic E-state index is 0.533. The van der Waals surface area contributed by atoms with Crippen LogP contribution in [0, 0.1) is 5.41 Å². The van der Waals surface area contributed by atoms with Gasteiger partial charge in [0.05, 0.1) is 12.7 Å². The van der Waals surface area contributed by atoms with E-state index in [1.807, 2.05) is 0 Å². The van der Waals surface area contributed by atoms with E-state index in [9.17, 15) is 0 Å². The Balaban J connectivity index is 1.66. The van der Waals surface area contributed by atoms with Gasteiger partial charge in [-0.2, -0.15) is 0 Å². The van der Waals surface area contributed by atoms with Crippen molar-refractivity contribution in [1.82, 2.24) is 5.32 Å². The molecule has 0 atom stereocenters. The summed E-state index contributed by atoms with van der Waals surface area (Å²) in [5.74, 6) is 0. The van der Waals surface area contributed by atoms with Gasteiger partial charge < -0.3 is 10.1 Å². The summed E-state index contributed by atoms with van der Waals surface area (Å²) in [5, 5.41) is 3.36. The van der Waals surface area contributed by atoms with E-state index in [1.165, 1.54) is 32.1 Å². The van der Waals surface area contributed by atoms with Crippen LogP contribution in [0.4, 0.5) is 0 Å². The molecule has 0 amide bonds. The van der Waals surface area contributed by atoms with E-state index < -0.39 is 0 Å². The van der Waals surface area contributed by atoms with Gasteiger partial charge in [0, 0.05) is 0 Å². The molecule has 1 aliphatic heterocycles. The molecule has 76 valence electrons. The fourth-order valence-corrected chi connectivity index (χ4v) is 2.21. The number of ether oxygens (including phenoxy) is 1. The van der Waals surface area contributed by atoms with E-state index in [4.69, 9.17) is 4.74 Å². The van der Waals surface area contributed by atoms with Crippen LogP contribution in [0.15, 0.2) is 0 Å². The monoisotopic (exact) mass is 183 g/mol. The molecule has 2 nitrogen and oxygen atoms in total. The molecule has 2 rings (SSSR count). The van der Waals surface area contributed by atoms with Crippen molar-refractivity contribution in [2.45, 2.75) is 45.1 Å². The molecule has 1 saturated heterocycles. The Morgan fingerprint density at radius 2 is 2.00 bits per heavy atom. The maximum atomic E-state index is 5.95. The Bertz CT molecular complexity index is 159. The summed E-state index contributed by atoms with van der Waals surface area (Å²) in [6.45, 7) is 5.64. The van der Waals surface area contributed by atoms with Crippen LogP contribution in [0.3, 0.4) is 0 Å². The maximum absolute atomic E-state index is 5.95. The number of rotatable bonds is 3. The molecule has 0 radical (unpaired) electrons. The molecule has 0 unspecified atom stereocenters. The van der Waals surface area contributed by atoms with Gasteiger partial charge in [0.15, 0.2) is 0 Å². The van der Waals surface area contributed by atoms with Crippen molar-refractivity contribution in [1.29, 1.82) is 0 Å². The molecule has 0 aromatic heterocycles. The average Bonchev–Trinajstić information content (AvgIpc) is 2.13. The second kappa shape index (κ2) is 3.97. The lowest BCUT2D eigenvalue weighted by Crippen LogP contribution is -2.37.